The predicted molar refractivity (Wildman–Crippen MR) is 55.6 cm³/mol. The van der Waals surface area contributed by atoms with Gasteiger partial charge in [-0.3, -0.25) is 0 Å². The number of hydrogen-bond donors (Lipinski definition) is 3. The van der Waals surface area contributed by atoms with Crippen LogP contribution in [-0.2, 0) is 15.2 Å². The van der Waals surface area contributed by atoms with Crippen molar-refractivity contribution in [2.75, 3.05) is 0 Å². The normalized spacial score (nSPS) is 11.2. The van der Waals surface area contributed by atoms with E-state index >= 15 is 0 Å². The largest absolute Gasteiger partial charge is 0.478 e. The highest BCUT2D eigenvalue weighted by atomic mass is 35.5. The lowest BCUT2D eigenvalue weighted by Crippen LogP contribution is -2.44. The minimum atomic E-state index is -3.16. The van der Waals surface area contributed by atoms with Gasteiger partial charge >= 0.3 is 11.9 Å². The molecule has 0 amide bonds. The Kier molecular flexibility index (Phi) is 3.42. The van der Waals surface area contributed by atoms with Crippen molar-refractivity contribution in [3.05, 3.63) is 33.8 Å². The van der Waals surface area contributed by atoms with Gasteiger partial charge in [0.25, 0.3) is 5.60 Å². The topological polar surface area (TPSA) is 94.8 Å². The van der Waals surface area contributed by atoms with Crippen LogP contribution >= 0.6 is 23.2 Å². The Bertz CT molecular complexity index is 423. The molecule has 0 fully saturated rings. The van der Waals surface area contributed by atoms with Gasteiger partial charge in [0.2, 0.25) is 0 Å². The number of rotatable bonds is 3. The summed E-state index contributed by atoms with van der Waals surface area (Å²) in [6.45, 7) is 0. The summed E-state index contributed by atoms with van der Waals surface area (Å²) in [6.07, 6.45) is 0. The molecular formula is C9H6Cl2O5. The van der Waals surface area contributed by atoms with Crippen LogP contribution < -0.4 is 0 Å². The van der Waals surface area contributed by atoms with E-state index < -0.39 is 23.1 Å². The van der Waals surface area contributed by atoms with Gasteiger partial charge in [-0.2, -0.15) is 0 Å². The van der Waals surface area contributed by atoms with E-state index in [2.05, 4.69) is 0 Å². The molecule has 0 saturated heterocycles. The number of carboxylic acids is 2. The van der Waals surface area contributed by atoms with Crippen LogP contribution in [0.5, 0.6) is 0 Å². The molecule has 7 heteroatoms. The van der Waals surface area contributed by atoms with Gasteiger partial charge in [-0.25, -0.2) is 9.59 Å². The van der Waals surface area contributed by atoms with Crippen molar-refractivity contribution >= 4 is 35.1 Å². The summed E-state index contributed by atoms with van der Waals surface area (Å²) in [5.41, 5.74) is -3.71. The number of benzene rings is 1. The van der Waals surface area contributed by atoms with Gasteiger partial charge in [-0.05, 0) is 12.1 Å². The molecule has 1 aromatic carbocycles. The summed E-state index contributed by atoms with van der Waals surface area (Å²) in [7, 11) is 0. The first-order chi connectivity index (χ1) is 7.31. The van der Waals surface area contributed by atoms with Crippen LogP contribution in [0.4, 0.5) is 0 Å². The summed E-state index contributed by atoms with van der Waals surface area (Å²) in [5, 5.41) is 26.7. The molecule has 5 nitrogen and oxygen atoms in total. The van der Waals surface area contributed by atoms with E-state index in [4.69, 9.17) is 33.4 Å². The summed E-state index contributed by atoms with van der Waals surface area (Å²) >= 11 is 11.3. The van der Waals surface area contributed by atoms with Crippen LogP contribution in [0.3, 0.4) is 0 Å². The summed E-state index contributed by atoms with van der Waals surface area (Å²) in [6, 6.07) is 3.87. The van der Waals surface area contributed by atoms with Crippen LogP contribution in [0.1, 0.15) is 5.56 Å². The molecule has 0 aromatic heterocycles. The van der Waals surface area contributed by atoms with E-state index in [9.17, 15) is 14.7 Å². The van der Waals surface area contributed by atoms with Crippen LogP contribution in [0.2, 0.25) is 10.0 Å². The molecule has 0 bridgehead atoms. The maximum absolute atomic E-state index is 10.8. The van der Waals surface area contributed by atoms with E-state index in [0.717, 1.165) is 0 Å². The van der Waals surface area contributed by atoms with Crippen molar-refractivity contribution in [1.82, 2.24) is 0 Å². The molecule has 0 atom stereocenters. The first kappa shape index (κ1) is 12.8. The third-order valence-corrected chi connectivity index (χ3v) is 2.57. The van der Waals surface area contributed by atoms with Crippen molar-refractivity contribution in [2.45, 2.75) is 5.60 Å². The van der Waals surface area contributed by atoms with Gasteiger partial charge in [0, 0.05) is 15.6 Å². The van der Waals surface area contributed by atoms with E-state index in [1.54, 1.807) is 0 Å². The van der Waals surface area contributed by atoms with E-state index in [1.165, 1.54) is 18.2 Å². The molecule has 16 heavy (non-hydrogen) atoms. The van der Waals surface area contributed by atoms with Gasteiger partial charge in [0.15, 0.2) is 0 Å². The molecule has 86 valence electrons. The van der Waals surface area contributed by atoms with Gasteiger partial charge in [0.1, 0.15) is 0 Å². The third kappa shape index (κ3) is 1.84. The highest BCUT2D eigenvalue weighted by molar-refractivity contribution is 6.37. The Morgan fingerprint density at radius 1 is 1.06 bits per heavy atom. The molecule has 0 spiro atoms. The molecule has 0 unspecified atom stereocenters. The highest BCUT2D eigenvalue weighted by Crippen LogP contribution is 2.34. The fourth-order valence-corrected chi connectivity index (χ4v) is 1.82. The second-order valence-corrected chi connectivity index (χ2v) is 3.73. The van der Waals surface area contributed by atoms with Gasteiger partial charge in [-0.1, -0.05) is 29.3 Å². The standard InChI is InChI=1S/C9H6Cl2O5/c10-4-2-1-3-5(11)6(4)9(16,7(12)13)8(14)15/h1-3,16H,(H,12,13)(H,14,15). The smallest absolute Gasteiger partial charge is 0.352 e. The van der Waals surface area contributed by atoms with E-state index in [0.29, 0.717) is 0 Å². The predicted octanol–water partition coefficient (Wildman–Crippen LogP) is 1.35. The lowest BCUT2D eigenvalue weighted by molar-refractivity contribution is -0.177. The van der Waals surface area contributed by atoms with Crippen molar-refractivity contribution in [2.24, 2.45) is 0 Å². The maximum atomic E-state index is 10.8. The van der Waals surface area contributed by atoms with Crippen LogP contribution in [0.15, 0.2) is 18.2 Å². The monoisotopic (exact) mass is 264 g/mol. The fourth-order valence-electron chi connectivity index (χ4n) is 1.15. The van der Waals surface area contributed by atoms with Gasteiger partial charge < -0.3 is 15.3 Å². The minimum absolute atomic E-state index is 0.236. The van der Waals surface area contributed by atoms with Crippen LogP contribution in [-0.4, -0.2) is 27.3 Å². The number of halogens is 2. The average molecular weight is 265 g/mol. The zero-order valence-electron chi connectivity index (χ0n) is 7.65. The fraction of sp³-hybridized carbons (Fsp3) is 0.111. The second kappa shape index (κ2) is 4.29. The zero-order chi connectivity index (χ0) is 12.5. The number of carboxylic acid groups (broad SMARTS) is 2. The summed E-state index contributed by atoms with van der Waals surface area (Å²) in [4.78, 5) is 21.6. The first-order valence-electron chi connectivity index (χ1n) is 3.95. The zero-order valence-corrected chi connectivity index (χ0v) is 9.16. The van der Waals surface area contributed by atoms with Gasteiger partial charge in [-0.15, -0.1) is 0 Å². The molecule has 0 saturated carbocycles. The first-order valence-corrected chi connectivity index (χ1v) is 4.71. The SMILES string of the molecule is O=C(O)C(O)(C(=O)O)c1c(Cl)cccc1Cl. The summed E-state index contributed by atoms with van der Waals surface area (Å²) < 4.78 is 0. The van der Waals surface area contributed by atoms with Crippen molar-refractivity contribution in [1.29, 1.82) is 0 Å². The van der Waals surface area contributed by atoms with Crippen LogP contribution in [0, 0.1) is 0 Å². The van der Waals surface area contributed by atoms with Crippen molar-refractivity contribution in [3.8, 4) is 0 Å². The minimum Gasteiger partial charge on any atom is -0.478 e. The van der Waals surface area contributed by atoms with Crippen molar-refractivity contribution < 1.29 is 24.9 Å². The van der Waals surface area contributed by atoms with Crippen molar-refractivity contribution in [3.63, 3.8) is 0 Å². The molecule has 3 N–H and O–H groups in total. The Morgan fingerprint density at radius 2 is 1.44 bits per heavy atom. The molecular weight excluding hydrogens is 259 g/mol. The Morgan fingerprint density at radius 3 is 1.75 bits per heavy atom. The lowest BCUT2D eigenvalue weighted by Gasteiger charge is -2.20. The Balaban J connectivity index is 3.56. The van der Waals surface area contributed by atoms with E-state index in [1.807, 2.05) is 0 Å². The highest BCUT2D eigenvalue weighted by Gasteiger charge is 2.49. The molecule has 0 heterocycles. The quantitative estimate of drug-likeness (QED) is 0.717. The average Bonchev–Trinajstić information content (AvgIpc) is 2.16. The molecule has 0 radical (unpaired) electrons. The Labute approximate surface area is 99.8 Å². The lowest BCUT2D eigenvalue weighted by atomic mass is 9.94. The molecule has 1 aromatic rings. The van der Waals surface area contributed by atoms with Crippen LogP contribution in [0.25, 0.3) is 0 Å². The third-order valence-electron chi connectivity index (χ3n) is 1.94. The molecule has 0 aliphatic rings. The van der Waals surface area contributed by atoms with Gasteiger partial charge in [0.05, 0.1) is 0 Å². The molecule has 0 aliphatic heterocycles. The molecule has 0 aliphatic carbocycles. The number of carbonyl (C=O) groups is 2. The van der Waals surface area contributed by atoms with E-state index in [-0.39, 0.29) is 10.0 Å². The number of hydrogen-bond acceptors (Lipinski definition) is 3. The maximum Gasteiger partial charge on any atom is 0.352 e. The molecule has 1 rings (SSSR count). The summed E-state index contributed by atoms with van der Waals surface area (Å²) in [5.74, 6) is -3.93. The number of aliphatic carboxylic acids is 2. The number of aliphatic hydroxyl groups is 1. The second-order valence-electron chi connectivity index (χ2n) is 2.92. The Hall–Kier alpha value is -1.30.